The van der Waals surface area contributed by atoms with Gasteiger partial charge >= 0.3 is 12.1 Å². The molecule has 0 saturated carbocycles. The average Bonchev–Trinajstić information content (AvgIpc) is 2.85. The number of methoxy groups -OCH3 is 1. The van der Waals surface area contributed by atoms with Gasteiger partial charge in [0.1, 0.15) is 11.5 Å². The first-order valence-electron chi connectivity index (χ1n) is 10.2. The van der Waals surface area contributed by atoms with Crippen LogP contribution in [0.2, 0.25) is 0 Å². The van der Waals surface area contributed by atoms with Gasteiger partial charge < -0.3 is 20.1 Å². The van der Waals surface area contributed by atoms with Crippen molar-refractivity contribution in [2.45, 2.75) is 38.0 Å². The van der Waals surface area contributed by atoms with Crippen LogP contribution >= 0.6 is 11.6 Å². The van der Waals surface area contributed by atoms with E-state index in [0.29, 0.717) is 18.5 Å². The van der Waals surface area contributed by atoms with Crippen LogP contribution in [0.4, 0.5) is 4.79 Å². The van der Waals surface area contributed by atoms with Crippen molar-refractivity contribution in [1.29, 1.82) is 0 Å². The molecule has 2 aromatic rings. The Bertz CT molecular complexity index is 910. The molecule has 1 aromatic heterocycles. The van der Waals surface area contributed by atoms with Gasteiger partial charge in [0.25, 0.3) is 12.6 Å². The number of esters is 1. The number of nitrogens with two attached hydrogens (primary N) is 1. The summed E-state index contributed by atoms with van der Waals surface area (Å²) in [5.41, 5.74) is 6.41. The van der Waals surface area contributed by atoms with E-state index in [-0.39, 0.29) is 18.7 Å². The maximum Gasteiger partial charge on any atom is 0.414 e. The van der Waals surface area contributed by atoms with E-state index in [1.54, 1.807) is 27.8 Å². The lowest BCUT2D eigenvalue weighted by atomic mass is 9.85. The molecule has 2 amide bonds. The lowest BCUT2D eigenvalue weighted by Gasteiger charge is -2.38. The summed E-state index contributed by atoms with van der Waals surface area (Å²) in [6.45, 7) is 0.424. The van der Waals surface area contributed by atoms with Gasteiger partial charge in [0.05, 0.1) is 13.2 Å². The zero-order valence-corrected chi connectivity index (χ0v) is 19.0. The van der Waals surface area contributed by atoms with E-state index in [1.807, 2.05) is 30.3 Å². The van der Waals surface area contributed by atoms with E-state index in [1.165, 1.54) is 19.7 Å². The number of hydrogen-bond acceptors (Lipinski definition) is 5. The van der Waals surface area contributed by atoms with Gasteiger partial charge in [-0.1, -0.05) is 30.3 Å². The smallest absolute Gasteiger partial charge is 0.414 e. The van der Waals surface area contributed by atoms with Crippen LogP contribution in [0, 0.1) is 0 Å². The van der Waals surface area contributed by atoms with E-state index in [4.69, 9.17) is 15.2 Å². The van der Waals surface area contributed by atoms with Crippen LogP contribution in [-0.2, 0) is 21.0 Å². The van der Waals surface area contributed by atoms with Gasteiger partial charge in [0.15, 0.2) is 12.4 Å². The molecule has 1 aliphatic rings. The van der Waals surface area contributed by atoms with Crippen molar-refractivity contribution in [3.05, 3.63) is 66.0 Å². The van der Waals surface area contributed by atoms with Crippen LogP contribution in [0.15, 0.2) is 54.9 Å². The highest BCUT2D eigenvalue weighted by molar-refractivity contribution is 6.15. The van der Waals surface area contributed by atoms with E-state index in [9.17, 15) is 14.4 Å². The standard InChI is InChI=1S/C22H25N3O5.CH3Cl/c1-29-21(27)19(16-8-3-2-4-9-16)18-11-5-6-13-25(18)22(28)30-15-24-12-7-10-17(14-24)20(23)26;1-2/h2-4,7-10,12,14,18-19H,5-6,11,13,15H2,1H3,(H-,23,26);1H3/p+1. The molecule has 3 rings (SSSR count). The number of nitrogens with zero attached hydrogens (tertiary/aromatic N) is 2. The molecule has 0 spiro atoms. The van der Waals surface area contributed by atoms with Gasteiger partial charge in [-0.3, -0.25) is 9.59 Å². The lowest BCUT2D eigenvalue weighted by Crippen LogP contribution is -2.50. The molecule has 2 N–H and O–H groups in total. The summed E-state index contributed by atoms with van der Waals surface area (Å²) in [7, 11) is 1.35. The van der Waals surface area contributed by atoms with Crippen molar-refractivity contribution in [2.75, 3.05) is 20.0 Å². The summed E-state index contributed by atoms with van der Waals surface area (Å²) in [4.78, 5) is 38.4. The number of halogens is 1. The molecule has 1 fully saturated rings. The summed E-state index contributed by atoms with van der Waals surface area (Å²) in [5.74, 6) is -1.53. The third kappa shape index (κ3) is 6.43. The van der Waals surface area contributed by atoms with E-state index < -0.39 is 17.9 Å². The normalized spacial score (nSPS) is 16.2. The number of alkyl halides is 1. The number of rotatable bonds is 6. The van der Waals surface area contributed by atoms with Gasteiger partial charge in [-0.15, -0.1) is 11.6 Å². The van der Waals surface area contributed by atoms with Gasteiger partial charge in [-0.2, -0.15) is 4.57 Å². The number of pyridine rings is 1. The highest BCUT2D eigenvalue weighted by Crippen LogP contribution is 2.32. The molecule has 0 aliphatic carbocycles. The largest absolute Gasteiger partial charge is 0.468 e. The van der Waals surface area contributed by atoms with Crippen LogP contribution in [0.5, 0.6) is 0 Å². The summed E-state index contributed by atoms with van der Waals surface area (Å²) in [6.07, 6.45) is 6.57. The van der Waals surface area contributed by atoms with Crippen molar-refractivity contribution >= 4 is 29.6 Å². The SMILES string of the molecule is CCl.COC(=O)C(c1ccccc1)C1CCCCN1C(=O)OC[n+]1cccc(C(N)=O)c1. The molecule has 2 atom stereocenters. The first-order valence-corrected chi connectivity index (χ1v) is 11.0. The molecule has 0 radical (unpaired) electrons. The fourth-order valence-electron chi connectivity index (χ4n) is 3.79. The number of piperidine rings is 1. The molecule has 32 heavy (non-hydrogen) atoms. The number of hydrogen-bond donors (Lipinski definition) is 1. The Morgan fingerprint density at radius 1 is 1.16 bits per heavy atom. The summed E-state index contributed by atoms with van der Waals surface area (Å²) in [5, 5.41) is 0. The quantitative estimate of drug-likeness (QED) is 0.404. The molecule has 2 heterocycles. The maximum atomic E-state index is 12.9. The second kappa shape index (κ2) is 12.7. The number of carbonyl (C=O) groups excluding carboxylic acids is 3. The summed E-state index contributed by atoms with van der Waals surface area (Å²) in [6, 6.07) is 12.2. The van der Waals surface area contributed by atoms with Crippen LogP contribution in [0.1, 0.15) is 41.1 Å². The highest BCUT2D eigenvalue weighted by atomic mass is 35.5. The van der Waals surface area contributed by atoms with Crippen LogP contribution in [0.25, 0.3) is 0 Å². The van der Waals surface area contributed by atoms with Crippen molar-refractivity contribution in [3.63, 3.8) is 0 Å². The third-order valence-electron chi connectivity index (χ3n) is 5.26. The monoisotopic (exact) mass is 462 g/mol. The second-order valence-electron chi connectivity index (χ2n) is 7.18. The molecule has 172 valence electrons. The molecule has 1 aromatic carbocycles. The Hall–Kier alpha value is -3.13. The van der Waals surface area contributed by atoms with Gasteiger partial charge in [-0.05, 0) is 30.9 Å². The summed E-state index contributed by atoms with van der Waals surface area (Å²) >= 11 is 4.64. The van der Waals surface area contributed by atoms with Gasteiger partial charge in [0, 0.05) is 19.0 Å². The molecule has 9 heteroatoms. The van der Waals surface area contributed by atoms with Crippen LogP contribution in [-0.4, -0.2) is 48.9 Å². The minimum Gasteiger partial charge on any atom is -0.468 e. The highest BCUT2D eigenvalue weighted by Gasteiger charge is 2.39. The molecule has 1 saturated heterocycles. The minimum absolute atomic E-state index is 0.0720. The van der Waals surface area contributed by atoms with Crippen LogP contribution < -0.4 is 10.3 Å². The fraction of sp³-hybridized carbons (Fsp3) is 0.391. The molecule has 0 bridgehead atoms. The van der Waals surface area contributed by atoms with E-state index >= 15 is 0 Å². The molecule has 2 unspecified atom stereocenters. The number of carbonyl (C=O) groups is 3. The fourth-order valence-corrected chi connectivity index (χ4v) is 3.79. The van der Waals surface area contributed by atoms with Crippen LogP contribution in [0.3, 0.4) is 0 Å². The van der Waals surface area contributed by atoms with Gasteiger partial charge in [-0.25, -0.2) is 4.79 Å². The number of likely N-dealkylation sites (tertiary alicyclic amines) is 1. The predicted molar refractivity (Wildman–Crippen MR) is 119 cm³/mol. The number of benzene rings is 1. The number of primary amides is 1. The van der Waals surface area contributed by atoms with E-state index in [2.05, 4.69) is 11.6 Å². The molecular formula is C23H29ClN3O5+. The van der Waals surface area contributed by atoms with Crippen molar-refractivity contribution < 1.29 is 28.4 Å². The first kappa shape index (κ1) is 25.1. The third-order valence-corrected chi connectivity index (χ3v) is 5.26. The second-order valence-corrected chi connectivity index (χ2v) is 7.18. The first-order chi connectivity index (χ1) is 15.5. The average molecular weight is 463 g/mol. The topological polar surface area (TPSA) is 103 Å². The lowest BCUT2D eigenvalue weighted by molar-refractivity contribution is -0.727. The van der Waals surface area contributed by atoms with Crippen molar-refractivity contribution in [2.24, 2.45) is 5.73 Å². The Balaban J connectivity index is 0.00000176. The Morgan fingerprint density at radius 3 is 2.53 bits per heavy atom. The molecular weight excluding hydrogens is 434 g/mol. The minimum atomic E-state index is -0.588. The van der Waals surface area contributed by atoms with Gasteiger partial charge in [0.2, 0.25) is 0 Å². The Kier molecular flexibility index (Phi) is 9.94. The molecule has 8 nitrogen and oxygen atoms in total. The predicted octanol–water partition coefficient (Wildman–Crippen LogP) is 2.83. The Morgan fingerprint density at radius 2 is 1.88 bits per heavy atom. The van der Waals surface area contributed by atoms with Crippen molar-refractivity contribution in [1.82, 2.24) is 4.90 Å². The molecule has 1 aliphatic heterocycles. The summed E-state index contributed by atoms with van der Waals surface area (Å²) < 4.78 is 12.1. The maximum absolute atomic E-state index is 12.9. The Labute approximate surface area is 192 Å². The zero-order valence-electron chi connectivity index (χ0n) is 18.3. The number of aromatic nitrogens is 1. The van der Waals surface area contributed by atoms with Crippen molar-refractivity contribution in [3.8, 4) is 0 Å². The number of amides is 2. The van der Waals surface area contributed by atoms with E-state index in [0.717, 1.165) is 18.4 Å². The number of ether oxygens (including phenoxy) is 2. The zero-order chi connectivity index (χ0) is 23.5.